The van der Waals surface area contributed by atoms with Crippen LogP contribution in [0.15, 0.2) is 54.6 Å². The third-order valence-corrected chi connectivity index (χ3v) is 4.09. The van der Waals surface area contributed by atoms with Gasteiger partial charge in [0, 0.05) is 13.1 Å². The monoisotopic (exact) mass is 267 g/mol. The molecule has 1 fully saturated rings. The summed E-state index contributed by atoms with van der Waals surface area (Å²) in [5.74, 6) is 1.60. The summed E-state index contributed by atoms with van der Waals surface area (Å²) in [7, 11) is 1.73. The minimum absolute atomic E-state index is 0.633. The van der Waals surface area contributed by atoms with Crippen molar-refractivity contribution in [2.24, 2.45) is 0 Å². The van der Waals surface area contributed by atoms with E-state index in [1.165, 1.54) is 24.1 Å². The minimum Gasteiger partial charge on any atom is -0.497 e. The lowest BCUT2D eigenvalue weighted by atomic mass is 9.98. The van der Waals surface area contributed by atoms with E-state index >= 15 is 0 Å². The molecule has 104 valence electrons. The molecule has 0 N–H and O–H groups in total. The molecule has 2 heteroatoms. The Morgan fingerprint density at radius 2 is 1.95 bits per heavy atom. The number of hydrogen-bond donors (Lipinski definition) is 0. The second kappa shape index (κ2) is 6.10. The van der Waals surface area contributed by atoms with Crippen molar-refractivity contribution in [3.05, 3.63) is 65.7 Å². The first-order valence-corrected chi connectivity index (χ1v) is 7.25. The van der Waals surface area contributed by atoms with Crippen LogP contribution in [0.2, 0.25) is 0 Å². The van der Waals surface area contributed by atoms with Gasteiger partial charge in [0.2, 0.25) is 0 Å². The van der Waals surface area contributed by atoms with Crippen molar-refractivity contribution in [1.29, 1.82) is 0 Å². The summed E-state index contributed by atoms with van der Waals surface area (Å²) < 4.78 is 5.32. The molecule has 0 bridgehead atoms. The van der Waals surface area contributed by atoms with Crippen molar-refractivity contribution < 1.29 is 4.74 Å². The van der Waals surface area contributed by atoms with Crippen molar-refractivity contribution in [2.75, 3.05) is 20.2 Å². The molecule has 3 rings (SSSR count). The molecule has 0 amide bonds. The fourth-order valence-corrected chi connectivity index (χ4v) is 2.99. The molecule has 1 atom stereocenters. The number of methoxy groups -OCH3 is 1. The lowest BCUT2D eigenvalue weighted by Crippen LogP contribution is -2.19. The first-order valence-electron chi connectivity index (χ1n) is 7.25. The molecule has 0 spiro atoms. The van der Waals surface area contributed by atoms with E-state index in [2.05, 4.69) is 53.4 Å². The molecule has 2 aromatic rings. The van der Waals surface area contributed by atoms with Gasteiger partial charge >= 0.3 is 0 Å². The largest absolute Gasteiger partial charge is 0.497 e. The maximum absolute atomic E-state index is 5.32. The molecule has 1 aliphatic heterocycles. The van der Waals surface area contributed by atoms with E-state index < -0.39 is 0 Å². The van der Waals surface area contributed by atoms with Gasteiger partial charge < -0.3 is 4.74 Å². The number of likely N-dealkylation sites (tertiary alicyclic amines) is 1. The normalized spacial score (nSPS) is 19.1. The highest BCUT2D eigenvalue weighted by molar-refractivity contribution is 5.31. The van der Waals surface area contributed by atoms with E-state index in [9.17, 15) is 0 Å². The highest BCUT2D eigenvalue weighted by Crippen LogP contribution is 2.30. The molecule has 1 saturated heterocycles. The van der Waals surface area contributed by atoms with Gasteiger partial charge in [0.25, 0.3) is 0 Å². The standard InChI is InChI=1S/C18H21NO/c1-20-18-9-5-8-16(12-18)17-10-11-19(14-17)13-15-6-3-2-4-7-15/h2-9,12,17H,10-11,13-14H2,1H3. The number of benzene rings is 2. The van der Waals surface area contributed by atoms with Crippen molar-refractivity contribution in [1.82, 2.24) is 4.90 Å². The molecule has 1 unspecified atom stereocenters. The average Bonchev–Trinajstić information content (AvgIpc) is 2.97. The lowest BCUT2D eigenvalue weighted by molar-refractivity contribution is 0.327. The molecule has 0 aliphatic carbocycles. The van der Waals surface area contributed by atoms with E-state index in [0.29, 0.717) is 5.92 Å². The fourth-order valence-electron chi connectivity index (χ4n) is 2.99. The summed E-state index contributed by atoms with van der Waals surface area (Å²) in [6.45, 7) is 3.38. The quantitative estimate of drug-likeness (QED) is 0.837. The molecule has 0 aromatic heterocycles. The van der Waals surface area contributed by atoms with Gasteiger partial charge in [-0.2, -0.15) is 0 Å². The highest BCUT2D eigenvalue weighted by Gasteiger charge is 2.23. The number of hydrogen-bond acceptors (Lipinski definition) is 2. The van der Waals surface area contributed by atoms with Crippen LogP contribution in [0.4, 0.5) is 0 Å². The molecule has 2 aromatic carbocycles. The van der Waals surface area contributed by atoms with Gasteiger partial charge in [-0.25, -0.2) is 0 Å². The summed E-state index contributed by atoms with van der Waals surface area (Å²) >= 11 is 0. The third-order valence-electron chi connectivity index (χ3n) is 4.09. The Morgan fingerprint density at radius 1 is 1.10 bits per heavy atom. The van der Waals surface area contributed by atoms with Crippen LogP contribution >= 0.6 is 0 Å². The first kappa shape index (κ1) is 13.2. The smallest absolute Gasteiger partial charge is 0.119 e. The van der Waals surface area contributed by atoms with Crippen LogP contribution in [-0.4, -0.2) is 25.1 Å². The average molecular weight is 267 g/mol. The van der Waals surface area contributed by atoms with E-state index in [4.69, 9.17) is 4.74 Å². The SMILES string of the molecule is COc1cccc(C2CCN(Cc3ccccc3)C2)c1. The van der Waals surface area contributed by atoms with Crippen LogP contribution in [0.3, 0.4) is 0 Å². The lowest BCUT2D eigenvalue weighted by Gasteiger charge is -2.16. The van der Waals surface area contributed by atoms with Crippen LogP contribution < -0.4 is 4.74 Å². The topological polar surface area (TPSA) is 12.5 Å². The molecule has 1 aliphatic rings. The van der Waals surface area contributed by atoms with Gasteiger partial charge in [-0.3, -0.25) is 4.90 Å². The Bertz CT molecular complexity index is 552. The molecule has 2 nitrogen and oxygen atoms in total. The van der Waals surface area contributed by atoms with Gasteiger partial charge in [-0.15, -0.1) is 0 Å². The van der Waals surface area contributed by atoms with E-state index in [-0.39, 0.29) is 0 Å². The number of nitrogens with zero attached hydrogens (tertiary/aromatic N) is 1. The summed E-state index contributed by atoms with van der Waals surface area (Å²) in [4.78, 5) is 2.54. The van der Waals surface area contributed by atoms with Crippen LogP contribution in [0, 0.1) is 0 Å². The minimum atomic E-state index is 0.633. The third kappa shape index (κ3) is 3.02. The number of ether oxygens (including phenoxy) is 1. The van der Waals surface area contributed by atoms with E-state index in [0.717, 1.165) is 18.8 Å². The molecular formula is C18H21NO. The Balaban J connectivity index is 1.64. The van der Waals surface area contributed by atoms with Crippen LogP contribution in [0.25, 0.3) is 0 Å². The van der Waals surface area contributed by atoms with Gasteiger partial charge in [-0.05, 0) is 42.1 Å². The van der Waals surface area contributed by atoms with Crippen LogP contribution in [0.5, 0.6) is 5.75 Å². The predicted octanol–water partition coefficient (Wildman–Crippen LogP) is 3.68. The molecular weight excluding hydrogens is 246 g/mol. The van der Waals surface area contributed by atoms with Crippen molar-refractivity contribution in [3.8, 4) is 5.75 Å². The van der Waals surface area contributed by atoms with E-state index in [1.54, 1.807) is 7.11 Å². The van der Waals surface area contributed by atoms with Crippen molar-refractivity contribution in [3.63, 3.8) is 0 Å². The molecule has 0 radical (unpaired) electrons. The second-order valence-corrected chi connectivity index (χ2v) is 5.48. The number of rotatable bonds is 4. The van der Waals surface area contributed by atoms with Gasteiger partial charge in [0.15, 0.2) is 0 Å². The molecule has 0 saturated carbocycles. The predicted molar refractivity (Wildman–Crippen MR) is 82.1 cm³/mol. The summed E-state index contributed by atoms with van der Waals surface area (Å²) in [5.41, 5.74) is 2.80. The summed E-state index contributed by atoms with van der Waals surface area (Å²) in [5, 5.41) is 0. The Morgan fingerprint density at radius 3 is 2.75 bits per heavy atom. The van der Waals surface area contributed by atoms with Gasteiger partial charge in [0.1, 0.15) is 5.75 Å². The zero-order chi connectivity index (χ0) is 13.8. The molecule has 1 heterocycles. The molecule has 20 heavy (non-hydrogen) atoms. The van der Waals surface area contributed by atoms with Crippen LogP contribution in [0.1, 0.15) is 23.5 Å². The summed E-state index contributed by atoms with van der Waals surface area (Å²) in [6, 6.07) is 19.2. The Labute approximate surface area is 121 Å². The zero-order valence-corrected chi connectivity index (χ0v) is 12.0. The summed E-state index contributed by atoms with van der Waals surface area (Å²) in [6.07, 6.45) is 1.24. The van der Waals surface area contributed by atoms with Gasteiger partial charge in [-0.1, -0.05) is 42.5 Å². The van der Waals surface area contributed by atoms with Gasteiger partial charge in [0.05, 0.1) is 7.11 Å². The maximum atomic E-state index is 5.32. The second-order valence-electron chi connectivity index (χ2n) is 5.48. The van der Waals surface area contributed by atoms with Crippen molar-refractivity contribution >= 4 is 0 Å². The Kier molecular flexibility index (Phi) is 4.03. The maximum Gasteiger partial charge on any atom is 0.119 e. The Hall–Kier alpha value is -1.80. The zero-order valence-electron chi connectivity index (χ0n) is 12.0. The van der Waals surface area contributed by atoms with Crippen LogP contribution in [-0.2, 0) is 6.54 Å². The van der Waals surface area contributed by atoms with E-state index in [1.807, 2.05) is 6.07 Å². The fraction of sp³-hybridized carbons (Fsp3) is 0.333. The highest BCUT2D eigenvalue weighted by atomic mass is 16.5. The first-order chi connectivity index (χ1) is 9.85. The van der Waals surface area contributed by atoms with Crippen molar-refractivity contribution in [2.45, 2.75) is 18.9 Å².